The Kier molecular flexibility index (Phi) is 9.51. The lowest BCUT2D eigenvalue weighted by Crippen LogP contribution is -2.14. The summed E-state index contributed by atoms with van der Waals surface area (Å²) in [5, 5.41) is 3.60. The molecule has 12 aromatic carbocycles. The normalized spacial score (nSPS) is 13.4. The van der Waals surface area contributed by atoms with Gasteiger partial charge in [-0.2, -0.15) is 0 Å². The quantitative estimate of drug-likeness (QED) is 0.126. The first-order chi connectivity index (χ1) is 40.9. The number of halogens is 2. The molecule has 12 rings (SSSR count). The molecule has 0 aliphatic rings. The number of anilines is 6. The Bertz CT molecular complexity index is 4500. The van der Waals surface area contributed by atoms with Crippen molar-refractivity contribution in [1.82, 2.24) is 0 Å². The van der Waals surface area contributed by atoms with Gasteiger partial charge in [-0.15, -0.1) is 0 Å². The molecule has 0 atom stereocenters. The molecule has 2 nitrogen and oxygen atoms in total. The Hall–Kier alpha value is -8.86. The zero-order valence-electron chi connectivity index (χ0n) is 53.5. The third kappa shape index (κ3) is 8.35. The maximum atomic E-state index is 18.4. The van der Waals surface area contributed by atoms with Crippen LogP contribution in [0.4, 0.5) is 42.9 Å². The van der Waals surface area contributed by atoms with E-state index >= 15 is 8.78 Å². The van der Waals surface area contributed by atoms with Gasteiger partial charge in [0.2, 0.25) is 0 Å². The number of nitrogens with zero attached hydrogens (tertiary/aromatic N) is 2. The molecule has 0 radical (unpaired) electrons. The molecular weight excluding hydrogens is 931 g/mol. The van der Waals surface area contributed by atoms with Crippen LogP contribution in [0.5, 0.6) is 0 Å². The largest absolute Gasteiger partial charge is 0.307 e. The molecule has 0 aromatic heterocycles. The van der Waals surface area contributed by atoms with Crippen LogP contribution < -0.4 is 9.80 Å². The van der Waals surface area contributed by atoms with E-state index in [1.165, 1.54) is 21.9 Å². The van der Waals surface area contributed by atoms with Gasteiger partial charge < -0.3 is 9.80 Å². The molecule has 0 unspecified atom stereocenters. The van der Waals surface area contributed by atoms with Crippen molar-refractivity contribution in [3.05, 3.63) is 262 Å². The molecule has 0 aliphatic carbocycles. The Labute approximate surface area is 459 Å². The van der Waals surface area contributed by atoms with E-state index in [9.17, 15) is 5.48 Å². The molecule has 0 bridgehead atoms. The molecule has 0 amide bonds. The van der Waals surface area contributed by atoms with Gasteiger partial charge in [0.1, 0.15) is 11.6 Å². The molecule has 0 aliphatic heterocycles. The minimum absolute atomic E-state index is 0.0685. The molecule has 370 valence electrons. The van der Waals surface area contributed by atoms with Crippen LogP contribution in [0, 0.1) is 67.0 Å². The van der Waals surface area contributed by atoms with Crippen molar-refractivity contribution in [2.75, 3.05) is 9.80 Å². The van der Waals surface area contributed by atoms with Gasteiger partial charge in [0.15, 0.2) is 0 Å². The third-order valence-electron chi connectivity index (χ3n) is 15.4. The summed E-state index contributed by atoms with van der Waals surface area (Å²) in [7, 11) is 0. The smallest absolute Gasteiger partial charge is 0.148 e. The van der Waals surface area contributed by atoms with E-state index in [1.807, 2.05) is 177 Å². The zero-order valence-corrected chi connectivity index (χ0v) is 43.5. The van der Waals surface area contributed by atoms with Crippen molar-refractivity contribution in [3.8, 4) is 44.5 Å². The van der Waals surface area contributed by atoms with Gasteiger partial charge in [0, 0.05) is 33.3 Å². The van der Waals surface area contributed by atoms with Crippen LogP contribution >= 0.6 is 0 Å². The lowest BCUT2D eigenvalue weighted by molar-refractivity contribution is 0.629. The number of benzene rings is 12. The van der Waals surface area contributed by atoms with Crippen LogP contribution in [0.3, 0.4) is 0 Å². The molecule has 0 fully saturated rings. The number of rotatable bonds is 10. The van der Waals surface area contributed by atoms with E-state index < -0.39 is 72.1 Å². The van der Waals surface area contributed by atoms with Crippen LogP contribution in [0.1, 0.15) is 58.2 Å². The fourth-order valence-corrected chi connectivity index (χ4v) is 10.7. The van der Waals surface area contributed by atoms with Crippen molar-refractivity contribution in [1.29, 1.82) is 0 Å². The summed E-state index contributed by atoms with van der Waals surface area (Å²) in [6, 6.07) is 38.7. The van der Waals surface area contributed by atoms with E-state index in [2.05, 4.69) is 0 Å². The van der Waals surface area contributed by atoms with Crippen molar-refractivity contribution in [2.24, 2.45) is 0 Å². The second-order valence-electron chi connectivity index (χ2n) is 20.1. The summed E-state index contributed by atoms with van der Waals surface area (Å²) in [5.74, 6) is -1.46. The minimum atomic E-state index is -0.729. The lowest BCUT2D eigenvalue weighted by Gasteiger charge is -2.31. The number of para-hydroxylation sites is 2. The van der Waals surface area contributed by atoms with E-state index in [0.717, 1.165) is 55.6 Å². The van der Waals surface area contributed by atoms with Gasteiger partial charge in [0.05, 0.1) is 36.5 Å². The predicted octanol–water partition coefficient (Wildman–Crippen LogP) is 20.9. The Morgan fingerprint density at radius 3 is 1.00 bits per heavy atom. The molecule has 76 heavy (non-hydrogen) atoms. The molecule has 4 heteroatoms. The highest BCUT2D eigenvalue weighted by Crippen LogP contribution is 2.52. The molecular formula is C72H58F2N2. The SMILES string of the molecule is [2H]c1c([2H])c([2H])c(N(c2c(F)cc(-c3ccc(C)c(C)c3)cc2-c2ccc(C)c(C)c2)c2ccc3ccc4c(N(c5c(F)cc(-c6ccc(C)c(C)c6)cc5-c5ccc(C)c(C)c5)c5c([2H])c([2H])c([2H])c([2H])c5[2H])ccc5ccc2c3c54)c([2H])c1[2H]. The van der Waals surface area contributed by atoms with E-state index in [0.29, 0.717) is 65.7 Å². The highest BCUT2D eigenvalue weighted by Gasteiger charge is 2.28. The summed E-state index contributed by atoms with van der Waals surface area (Å²) in [4.78, 5) is 2.89. The van der Waals surface area contributed by atoms with E-state index in [4.69, 9.17) is 8.22 Å². The van der Waals surface area contributed by atoms with E-state index in [1.54, 1.807) is 12.1 Å². The number of hydrogen-bond donors (Lipinski definition) is 0. The summed E-state index contributed by atoms with van der Waals surface area (Å²) >= 11 is 0. The topological polar surface area (TPSA) is 6.48 Å². The first-order valence-corrected chi connectivity index (χ1v) is 25.4. The van der Waals surface area contributed by atoms with Crippen LogP contribution in [-0.2, 0) is 0 Å². The predicted molar refractivity (Wildman–Crippen MR) is 319 cm³/mol. The maximum Gasteiger partial charge on any atom is 0.148 e. The standard InChI is InChI=1S/C72H58F2N2/c1-43-19-23-53(35-47(43)5)57-39-63(55-25-21-45(3)49(7)37-55)71(65(73)41-57)75(59-15-11-9-12-16-59)67-33-29-51-28-32-62-68(34-30-52-27-31-61(67)69(51)70(52)62)76(60-17-13-10-14-18-60)72-64(56-26-22-46(4)50(8)38-56)40-58(42-66(72)74)54-24-20-44(2)48(6)36-54/h9-42H,1-8H3/i9D,10D,11D,12D,13D,14D,15D,16D,17D,18D. The molecule has 0 N–H and O–H groups in total. The Morgan fingerprint density at radius 1 is 0.316 bits per heavy atom. The molecule has 0 saturated carbocycles. The van der Waals surface area contributed by atoms with Gasteiger partial charge in [-0.05, 0) is 215 Å². The summed E-state index contributed by atoms with van der Waals surface area (Å²) in [6.45, 7) is 15.9. The van der Waals surface area contributed by atoms with Gasteiger partial charge in [-0.25, -0.2) is 8.78 Å². The second kappa shape index (κ2) is 19.1. The van der Waals surface area contributed by atoms with Crippen molar-refractivity contribution in [2.45, 2.75) is 55.4 Å². The fourth-order valence-electron chi connectivity index (χ4n) is 10.7. The van der Waals surface area contributed by atoms with Crippen LogP contribution in [0.2, 0.25) is 0 Å². The van der Waals surface area contributed by atoms with Gasteiger partial charge in [0.25, 0.3) is 0 Å². The third-order valence-corrected chi connectivity index (χ3v) is 15.4. The van der Waals surface area contributed by atoms with Gasteiger partial charge in [-0.1, -0.05) is 145 Å². The molecule has 12 aromatic rings. The van der Waals surface area contributed by atoms with Gasteiger partial charge in [-0.3, -0.25) is 0 Å². The first-order valence-electron chi connectivity index (χ1n) is 30.4. The monoisotopic (exact) mass is 999 g/mol. The summed E-state index contributed by atoms with van der Waals surface area (Å²) < 4.78 is 129. The molecule has 0 heterocycles. The van der Waals surface area contributed by atoms with Crippen LogP contribution in [0.15, 0.2) is 206 Å². The number of aryl methyl sites for hydroxylation is 8. The lowest BCUT2D eigenvalue weighted by atomic mass is 9.90. The van der Waals surface area contributed by atoms with Crippen LogP contribution in [0.25, 0.3) is 76.8 Å². The average Bonchev–Trinajstić information content (AvgIpc) is 0.763. The van der Waals surface area contributed by atoms with Crippen molar-refractivity contribution < 1.29 is 22.5 Å². The fraction of sp³-hybridized carbons (Fsp3) is 0.111. The Morgan fingerprint density at radius 2 is 0.645 bits per heavy atom. The van der Waals surface area contributed by atoms with E-state index in [-0.39, 0.29) is 34.1 Å². The van der Waals surface area contributed by atoms with Crippen molar-refractivity contribution >= 4 is 66.4 Å². The molecule has 0 saturated heterocycles. The maximum absolute atomic E-state index is 18.4. The van der Waals surface area contributed by atoms with Crippen LogP contribution in [-0.4, -0.2) is 0 Å². The van der Waals surface area contributed by atoms with Gasteiger partial charge >= 0.3 is 0 Å². The number of hydrogen-bond acceptors (Lipinski definition) is 2. The molecule has 0 spiro atoms. The average molecular weight is 999 g/mol. The highest BCUT2D eigenvalue weighted by atomic mass is 19.1. The summed E-state index contributed by atoms with van der Waals surface area (Å²) in [5.41, 5.74) is 12.5. The summed E-state index contributed by atoms with van der Waals surface area (Å²) in [6.07, 6.45) is 0. The Balaban J connectivity index is 1.20. The van der Waals surface area contributed by atoms with Crippen molar-refractivity contribution in [3.63, 3.8) is 0 Å². The minimum Gasteiger partial charge on any atom is -0.307 e. The first kappa shape index (κ1) is 37.8. The highest BCUT2D eigenvalue weighted by molar-refractivity contribution is 6.28. The zero-order chi connectivity index (χ0) is 61.2. The second-order valence-corrected chi connectivity index (χ2v) is 20.1.